The predicted octanol–water partition coefficient (Wildman–Crippen LogP) is 2.47. The van der Waals surface area contributed by atoms with Gasteiger partial charge < -0.3 is 10.6 Å². The maximum atomic E-state index is 12.7. The van der Waals surface area contributed by atoms with Crippen molar-refractivity contribution in [2.24, 2.45) is 5.73 Å². The van der Waals surface area contributed by atoms with E-state index in [1.165, 1.54) is 11.3 Å². The monoisotopic (exact) mass is 322 g/mol. The maximum Gasteiger partial charge on any atom is 0.273 e. The van der Waals surface area contributed by atoms with E-state index in [-0.39, 0.29) is 11.9 Å². The molecule has 2 N–H and O–H groups in total. The van der Waals surface area contributed by atoms with Crippen molar-refractivity contribution in [3.05, 3.63) is 32.7 Å². The minimum absolute atomic E-state index is 0.0226. The molecular formula is C14H18N4OS2. The zero-order chi connectivity index (χ0) is 14.7. The normalized spacial score (nSPS) is 18.9. The van der Waals surface area contributed by atoms with Crippen LogP contribution in [-0.4, -0.2) is 33.9 Å². The van der Waals surface area contributed by atoms with Crippen LogP contribution < -0.4 is 5.73 Å². The van der Waals surface area contributed by atoms with Gasteiger partial charge >= 0.3 is 0 Å². The van der Waals surface area contributed by atoms with Crippen molar-refractivity contribution in [1.82, 2.24) is 14.9 Å². The summed E-state index contributed by atoms with van der Waals surface area (Å²) in [6.07, 6.45) is 5.71. The van der Waals surface area contributed by atoms with Gasteiger partial charge in [0, 0.05) is 29.9 Å². The summed E-state index contributed by atoms with van der Waals surface area (Å²) in [6, 6.07) is 0.103. The van der Waals surface area contributed by atoms with Crippen LogP contribution in [0, 0.1) is 0 Å². The summed E-state index contributed by atoms with van der Waals surface area (Å²) < 4.78 is 0. The summed E-state index contributed by atoms with van der Waals surface area (Å²) in [5.41, 5.74) is 6.09. The number of aromatic nitrogens is 2. The van der Waals surface area contributed by atoms with Gasteiger partial charge in [-0.25, -0.2) is 9.97 Å². The highest BCUT2D eigenvalue weighted by Crippen LogP contribution is 2.33. The first-order valence-electron chi connectivity index (χ1n) is 7.14. The number of amides is 1. The molecular weight excluding hydrogens is 304 g/mol. The standard InChI is InChI=1S/C14H18N4OS2/c15-5-4-12-17-10(9-21-12)14(19)18-7-2-1-3-11(18)13-16-6-8-20-13/h6,8-9,11H,1-5,7,15H2. The molecule has 1 amide bonds. The summed E-state index contributed by atoms with van der Waals surface area (Å²) in [5, 5.41) is 5.78. The highest BCUT2D eigenvalue weighted by atomic mass is 32.1. The topological polar surface area (TPSA) is 72.1 Å². The number of carbonyl (C=O) groups excluding carboxylic acids is 1. The van der Waals surface area contributed by atoms with Crippen molar-refractivity contribution >= 4 is 28.6 Å². The van der Waals surface area contributed by atoms with Gasteiger partial charge in [0.2, 0.25) is 0 Å². The first-order valence-corrected chi connectivity index (χ1v) is 8.90. The van der Waals surface area contributed by atoms with Crippen LogP contribution in [0.1, 0.15) is 45.8 Å². The molecule has 3 heterocycles. The Kier molecular flexibility index (Phi) is 4.62. The number of piperidine rings is 1. The number of nitrogens with zero attached hydrogens (tertiary/aromatic N) is 3. The fourth-order valence-corrected chi connectivity index (χ4v) is 4.20. The first-order chi connectivity index (χ1) is 10.3. The highest BCUT2D eigenvalue weighted by molar-refractivity contribution is 7.10. The number of thiazole rings is 2. The Hall–Kier alpha value is -1.31. The third-order valence-corrected chi connectivity index (χ3v) is 5.41. The Morgan fingerprint density at radius 2 is 2.33 bits per heavy atom. The SMILES string of the molecule is NCCc1nc(C(=O)N2CCCCC2c2nccs2)cs1. The molecule has 21 heavy (non-hydrogen) atoms. The molecule has 2 aromatic heterocycles. The molecule has 1 saturated heterocycles. The van der Waals surface area contributed by atoms with Gasteiger partial charge in [0.15, 0.2) is 0 Å². The van der Waals surface area contributed by atoms with Crippen LogP contribution in [0.4, 0.5) is 0 Å². The zero-order valence-electron chi connectivity index (χ0n) is 11.7. The van der Waals surface area contributed by atoms with E-state index in [2.05, 4.69) is 9.97 Å². The Labute approximate surface area is 131 Å². The third-order valence-electron chi connectivity index (χ3n) is 3.63. The van der Waals surface area contributed by atoms with Gasteiger partial charge in [0.1, 0.15) is 10.7 Å². The number of nitrogens with two attached hydrogens (primary N) is 1. The van der Waals surface area contributed by atoms with E-state index < -0.39 is 0 Å². The van der Waals surface area contributed by atoms with E-state index in [0.717, 1.165) is 42.2 Å². The quantitative estimate of drug-likeness (QED) is 0.938. The fourth-order valence-electron chi connectivity index (χ4n) is 2.62. The van der Waals surface area contributed by atoms with Gasteiger partial charge in [0.05, 0.1) is 11.0 Å². The van der Waals surface area contributed by atoms with Crippen molar-refractivity contribution in [2.45, 2.75) is 31.7 Å². The van der Waals surface area contributed by atoms with Crippen molar-refractivity contribution < 1.29 is 4.79 Å². The average molecular weight is 322 g/mol. The fraction of sp³-hybridized carbons (Fsp3) is 0.500. The summed E-state index contributed by atoms with van der Waals surface area (Å²) >= 11 is 3.13. The summed E-state index contributed by atoms with van der Waals surface area (Å²) in [4.78, 5) is 23.5. The van der Waals surface area contributed by atoms with Crippen molar-refractivity contribution in [3.63, 3.8) is 0 Å². The zero-order valence-corrected chi connectivity index (χ0v) is 13.3. The molecule has 1 fully saturated rings. The largest absolute Gasteiger partial charge is 0.330 e. The number of rotatable bonds is 4. The lowest BCUT2D eigenvalue weighted by Crippen LogP contribution is -2.38. The van der Waals surface area contributed by atoms with E-state index in [9.17, 15) is 4.79 Å². The maximum absolute atomic E-state index is 12.7. The van der Waals surface area contributed by atoms with Crippen LogP contribution in [0.25, 0.3) is 0 Å². The predicted molar refractivity (Wildman–Crippen MR) is 84.6 cm³/mol. The second-order valence-corrected chi connectivity index (χ2v) is 6.91. The van der Waals surface area contributed by atoms with Gasteiger partial charge in [-0.1, -0.05) is 0 Å². The second kappa shape index (κ2) is 6.64. The molecule has 0 aliphatic carbocycles. The number of hydrogen-bond acceptors (Lipinski definition) is 6. The van der Waals surface area contributed by atoms with E-state index in [1.807, 2.05) is 15.7 Å². The van der Waals surface area contributed by atoms with E-state index in [0.29, 0.717) is 12.2 Å². The molecule has 0 spiro atoms. The second-order valence-electron chi connectivity index (χ2n) is 5.05. The van der Waals surface area contributed by atoms with E-state index in [4.69, 9.17) is 5.73 Å². The molecule has 2 aromatic rings. The molecule has 0 aromatic carbocycles. The van der Waals surface area contributed by atoms with Crippen LogP contribution in [-0.2, 0) is 6.42 Å². The van der Waals surface area contributed by atoms with Crippen LogP contribution in [0.5, 0.6) is 0 Å². The lowest BCUT2D eigenvalue weighted by molar-refractivity contribution is 0.0605. The molecule has 0 radical (unpaired) electrons. The molecule has 1 aliphatic heterocycles. The number of hydrogen-bond donors (Lipinski definition) is 1. The molecule has 0 bridgehead atoms. The average Bonchev–Trinajstić information content (AvgIpc) is 3.18. The van der Waals surface area contributed by atoms with Crippen LogP contribution >= 0.6 is 22.7 Å². The molecule has 1 aliphatic rings. The van der Waals surface area contributed by atoms with Crippen LogP contribution in [0.3, 0.4) is 0 Å². The lowest BCUT2D eigenvalue weighted by Gasteiger charge is -2.34. The Bertz CT molecular complexity index is 596. The molecule has 7 heteroatoms. The number of likely N-dealkylation sites (tertiary alicyclic amines) is 1. The van der Waals surface area contributed by atoms with Gasteiger partial charge in [0.25, 0.3) is 5.91 Å². The first kappa shape index (κ1) is 14.6. The molecule has 1 atom stereocenters. The van der Waals surface area contributed by atoms with Crippen LogP contribution in [0.2, 0.25) is 0 Å². The number of carbonyl (C=O) groups is 1. The molecule has 5 nitrogen and oxygen atoms in total. The van der Waals surface area contributed by atoms with Crippen molar-refractivity contribution in [1.29, 1.82) is 0 Å². The minimum atomic E-state index is 0.0226. The molecule has 0 saturated carbocycles. The Morgan fingerprint density at radius 3 is 3.10 bits per heavy atom. The van der Waals surface area contributed by atoms with Gasteiger partial charge in [-0.05, 0) is 25.8 Å². The summed E-state index contributed by atoms with van der Waals surface area (Å²) in [5.74, 6) is 0.0226. The Balaban J connectivity index is 1.80. The highest BCUT2D eigenvalue weighted by Gasteiger charge is 2.31. The minimum Gasteiger partial charge on any atom is -0.330 e. The molecule has 3 rings (SSSR count). The Morgan fingerprint density at radius 1 is 1.43 bits per heavy atom. The smallest absolute Gasteiger partial charge is 0.273 e. The van der Waals surface area contributed by atoms with E-state index >= 15 is 0 Å². The van der Waals surface area contributed by atoms with Crippen molar-refractivity contribution in [3.8, 4) is 0 Å². The van der Waals surface area contributed by atoms with Crippen LogP contribution in [0.15, 0.2) is 17.0 Å². The van der Waals surface area contributed by atoms with Gasteiger partial charge in [-0.15, -0.1) is 22.7 Å². The molecule has 112 valence electrons. The van der Waals surface area contributed by atoms with Crippen molar-refractivity contribution in [2.75, 3.05) is 13.1 Å². The summed E-state index contributed by atoms with van der Waals surface area (Å²) in [6.45, 7) is 1.35. The molecule has 1 unspecified atom stereocenters. The van der Waals surface area contributed by atoms with E-state index in [1.54, 1.807) is 17.5 Å². The summed E-state index contributed by atoms with van der Waals surface area (Å²) in [7, 11) is 0. The van der Waals surface area contributed by atoms with Gasteiger partial charge in [-0.2, -0.15) is 0 Å². The van der Waals surface area contributed by atoms with Gasteiger partial charge in [-0.3, -0.25) is 4.79 Å². The third kappa shape index (κ3) is 3.14. The lowest BCUT2D eigenvalue weighted by atomic mass is 10.0.